The average Bonchev–Trinajstić information content (AvgIpc) is 2.87. The molecule has 25 heavy (non-hydrogen) atoms. The van der Waals surface area contributed by atoms with Crippen LogP contribution in [0, 0.1) is 15.9 Å². The number of hydrogen-bond acceptors (Lipinski definition) is 4. The minimum Gasteiger partial charge on any atom is -0.353 e. The van der Waals surface area contributed by atoms with Crippen LogP contribution in [0.1, 0.15) is 34.3 Å². The maximum absolute atomic E-state index is 14.5. The Labute approximate surface area is 142 Å². The molecule has 5 nitrogen and oxygen atoms in total. The second-order valence-electron chi connectivity index (χ2n) is 6.01. The Morgan fingerprint density at radius 1 is 1.08 bits per heavy atom. The Kier molecular flexibility index (Phi) is 3.28. The number of carbonyl (C=O) groups excluding carboxylic acids is 1. The molecule has 124 valence electrons. The molecule has 0 saturated heterocycles. The molecule has 2 aliphatic rings. The number of dihydropyridines is 1. The zero-order valence-electron chi connectivity index (χ0n) is 13.2. The Hall–Kier alpha value is -3.28. The number of nitro groups is 1. The number of hydrogen-bond donors (Lipinski definition) is 1. The van der Waals surface area contributed by atoms with Crippen molar-refractivity contribution in [3.05, 3.63) is 98.1 Å². The molecular formula is C19H13FN2O3. The van der Waals surface area contributed by atoms with E-state index in [9.17, 15) is 19.3 Å². The van der Waals surface area contributed by atoms with Gasteiger partial charge in [-0.3, -0.25) is 14.9 Å². The highest BCUT2D eigenvalue weighted by Crippen LogP contribution is 2.46. The number of nitrogens with zero attached hydrogens (tertiary/aromatic N) is 1. The predicted octanol–water partition coefficient (Wildman–Crippen LogP) is 3.63. The zero-order chi connectivity index (χ0) is 17.7. The van der Waals surface area contributed by atoms with Crippen LogP contribution in [0.4, 0.5) is 4.39 Å². The van der Waals surface area contributed by atoms with E-state index in [1.54, 1.807) is 37.3 Å². The largest absolute Gasteiger partial charge is 0.353 e. The molecule has 0 fully saturated rings. The molecule has 0 amide bonds. The molecule has 2 aromatic rings. The van der Waals surface area contributed by atoms with E-state index >= 15 is 0 Å². The molecule has 1 aliphatic heterocycles. The molecule has 2 aromatic carbocycles. The third-order valence-corrected chi connectivity index (χ3v) is 4.63. The first-order valence-electron chi connectivity index (χ1n) is 7.75. The van der Waals surface area contributed by atoms with Gasteiger partial charge in [0, 0.05) is 22.3 Å². The number of allylic oxidation sites excluding steroid dienone is 2. The smallest absolute Gasteiger partial charge is 0.277 e. The van der Waals surface area contributed by atoms with E-state index < -0.39 is 16.7 Å². The van der Waals surface area contributed by atoms with Gasteiger partial charge in [-0.15, -0.1) is 0 Å². The van der Waals surface area contributed by atoms with E-state index in [1.807, 2.05) is 0 Å². The summed E-state index contributed by atoms with van der Waals surface area (Å²) >= 11 is 0. The van der Waals surface area contributed by atoms with Crippen molar-refractivity contribution in [2.24, 2.45) is 0 Å². The van der Waals surface area contributed by atoms with Crippen LogP contribution in [-0.2, 0) is 0 Å². The van der Waals surface area contributed by atoms with Crippen molar-refractivity contribution < 1.29 is 14.1 Å². The van der Waals surface area contributed by atoms with Gasteiger partial charge in [-0.25, -0.2) is 4.39 Å². The molecule has 0 unspecified atom stereocenters. The third-order valence-electron chi connectivity index (χ3n) is 4.63. The summed E-state index contributed by atoms with van der Waals surface area (Å²) in [5, 5.41) is 14.7. The number of nitrogens with one attached hydrogen (secondary N) is 1. The number of fused-ring (bicyclic) bond motifs is 2. The number of carbonyl (C=O) groups is 1. The Bertz CT molecular complexity index is 1010. The summed E-state index contributed by atoms with van der Waals surface area (Å²) < 4.78 is 14.5. The Morgan fingerprint density at radius 3 is 2.40 bits per heavy atom. The third kappa shape index (κ3) is 2.11. The SMILES string of the molecule is CC1=C([N+](=O)[O-])[C@H](c2ccccc2F)C2=C(N1)c1ccccc1C2=O. The number of ketones is 1. The molecule has 0 saturated carbocycles. The maximum Gasteiger partial charge on any atom is 0.277 e. The monoisotopic (exact) mass is 336 g/mol. The van der Waals surface area contributed by atoms with E-state index in [1.165, 1.54) is 18.2 Å². The average molecular weight is 336 g/mol. The van der Waals surface area contributed by atoms with Gasteiger partial charge in [0.1, 0.15) is 11.7 Å². The minimum absolute atomic E-state index is 0.128. The summed E-state index contributed by atoms with van der Waals surface area (Å²) in [6.07, 6.45) is 0. The van der Waals surface area contributed by atoms with E-state index in [2.05, 4.69) is 5.32 Å². The summed E-state index contributed by atoms with van der Waals surface area (Å²) in [6, 6.07) is 12.9. The van der Waals surface area contributed by atoms with Crippen LogP contribution < -0.4 is 5.32 Å². The lowest BCUT2D eigenvalue weighted by Crippen LogP contribution is -2.28. The van der Waals surface area contributed by atoms with Crippen molar-refractivity contribution in [3.8, 4) is 0 Å². The predicted molar refractivity (Wildman–Crippen MR) is 89.7 cm³/mol. The zero-order valence-corrected chi connectivity index (χ0v) is 13.2. The standard InChI is InChI=1S/C19H13FN2O3/c1-10-18(22(24)25)15(13-8-4-5-9-14(13)20)16-17(21-10)11-6-2-3-7-12(11)19(16)23/h2-9,15,21H,1H3/t15-/m1/s1. The van der Waals surface area contributed by atoms with Crippen molar-refractivity contribution in [2.75, 3.05) is 0 Å². The fraction of sp³-hybridized carbons (Fsp3) is 0.105. The lowest BCUT2D eigenvalue weighted by molar-refractivity contribution is -0.430. The van der Waals surface area contributed by atoms with Crippen LogP contribution >= 0.6 is 0 Å². The van der Waals surface area contributed by atoms with Gasteiger partial charge in [0.15, 0.2) is 5.78 Å². The van der Waals surface area contributed by atoms with E-state index in [0.29, 0.717) is 22.5 Å². The van der Waals surface area contributed by atoms with Gasteiger partial charge in [-0.1, -0.05) is 42.5 Å². The van der Waals surface area contributed by atoms with E-state index in [-0.39, 0.29) is 22.6 Å². The fourth-order valence-corrected chi connectivity index (χ4v) is 3.57. The summed E-state index contributed by atoms with van der Waals surface area (Å²) in [4.78, 5) is 24.1. The van der Waals surface area contributed by atoms with Gasteiger partial charge in [-0.2, -0.15) is 0 Å². The quantitative estimate of drug-likeness (QED) is 0.671. The minimum atomic E-state index is -1.05. The van der Waals surface area contributed by atoms with Crippen molar-refractivity contribution in [1.82, 2.24) is 5.32 Å². The van der Waals surface area contributed by atoms with Crippen LogP contribution in [-0.4, -0.2) is 10.7 Å². The van der Waals surface area contributed by atoms with Crippen molar-refractivity contribution in [2.45, 2.75) is 12.8 Å². The van der Waals surface area contributed by atoms with E-state index in [0.717, 1.165) is 0 Å². The van der Waals surface area contributed by atoms with Gasteiger partial charge >= 0.3 is 0 Å². The van der Waals surface area contributed by atoms with Crippen molar-refractivity contribution >= 4 is 11.5 Å². The number of benzene rings is 2. The molecule has 0 spiro atoms. The van der Waals surface area contributed by atoms with Crippen LogP contribution in [0.5, 0.6) is 0 Å². The van der Waals surface area contributed by atoms with Gasteiger partial charge in [0.05, 0.1) is 16.3 Å². The molecule has 4 rings (SSSR count). The summed E-state index contributed by atoms with van der Waals surface area (Å²) in [7, 11) is 0. The molecule has 1 N–H and O–H groups in total. The Balaban J connectivity index is 2.00. The van der Waals surface area contributed by atoms with Crippen LogP contribution in [0.2, 0.25) is 0 Å². The molecule has 6 heteroatoms. The topological polar surface area (TPSA) is 72.2 Å². The van der Waals surface area contributed by atoms with Crippen molar-refractivity contribution in [1.29, 1.82) is 0 Å². The molecule has 1 atom stereocenters. The van der Waals surface area contributed by atoms with Gasteiger partial charge in [-0.05, 0) is 13.0 Å². The lowest BCUT2D eigenvalue weighted by Gasteiger charge is -2.25. The fourth-order valence-electron chi connectivity index (χ4n) is 3.57. The Morgan fingerprint density at radius 2 is 1.72 bits per heavy atom. The highest BCUT2D eigenvalue weighted by Gasteiger charge is 2.46. The second-order valence-corrected chi connectivity index (χ2v) is 6.01. The van der Waals surface area contributed by atoms with Crippen molar-refractivity contribution in [3.63, 3.8) is 0 Å². The molecule has 1 heterocycles. The van der Waals surface area contributed by atoms with E-state index in [4.69, 9.17) is 0 Å². The normalized spacial score (nSPS) is 18.8. The first-order chi connectivity index (χ1) is 12.0. The maximum atomic E-state index is 14.5. The summed E-state index contributed by atoms with van der Waals surface area (Å²) in [6.45, 7) is 1.57. The molecular weight excluding hydrogens is 323 g/mol. The van der Waals surface area contributed by atoms with Crippen LogP contribution in [0.25, 0.3) is 5.70 Å². The van der Waals surface area contributed by atoms with Gasteiger partial charge in [0.25, 0.3) is 5.70 Å². The molecule has 0 bridgehead atoms. The van der Waals surface area contributed by atoms with Gasteiger partial charge in [0.2, 0.25) is 0 Å². The summed E-state index contributed by atoms with van der Waals surface area (Å²) in [5.41, 5.74) is 2.14. The highest BCUT2D eigenvalue weighted by molar-refractivity contribution is 6.22. The van der Waals surface area contributed by atoms with Crippen LogP contribution in [0.3, 0.4) is 0 Å². The summed E-state index contributed by atoms with van der Waals surface area (Å²) in [5.74, 6) is -1.93. The first kappa shape index (κ1) is 15.3. The second kappa shape index (κ2) is 5.37. The molecule has 0 radical (unpaired) electrons. The molecule has 0 aromatic heterocycles. The lowest BCUT2D eigenvalue weighted by atomic mass is 9.83. The first-order valence-corrected chi connectivity index (χ1v) is 7.75. The number of Topliss-reactive ketones (excluding diaryl/α,β-unsaturated/α-hetero) is 1. The number of halogens is 1. The number of rotatable bonds is 2. The highest BCUT2D eigenvalue weighted by atomic mass is 19.1. The van der Waals surface area contributed by atoms with Gasteiger partial charge < -0.3 is 5.32 Å². The molecule has 1 aliphatic carbocycles. The van der Waals surface area contributed by atoms with Crippen LogP contribution in [0.15, 0.2) is 65.5 Å².